The van der Waals surface area contributed by atoms with Crippen LogP contribution in [0.1, 0.15) is 19.3 Å². The Bertz CT molecular complexity index is 268. The van der Waals surface area contributed by atoms with Gasteiger partial charge in [0.05, 0.1) is 0 Å². The summed E-state index contributed by atoms with van der Waals surface area (Å²) < 4.78 is 35.7. The van der Waals surface area contributed by atoms with E-state index in [2.05, 4.69) is 0 Å². The maximum absolute atomic E-state index is 11.9. The number of alkyl halides is 3. The zero-order valence-electron chi connectivity index (χ0n) is 8.33. The van der Waals surface area contributed by atoms with E-state index in [-0.39, 0.29) is 0 Å². The molecular formula is C8H13F3N2O3. The maximum Gasteiger partial charge on any atom is 0.389 e. The lowest BCUT2D eigenvalue weighted by Gasteiger charge is -2.19. The lowest BCUT2D eigenvalue weighted by Crippen LogP contribution is -2.40. The summed E-state index contributed by atoms with van der Waals surface area (Å²) >= 11 is 0. The van der Waals surface area contributed by atoms with Crippen molar-refractivity contribution in [2.45, 2.75) is 31.5 Å². The number of halogens is 3. The van der Waals surface area contributed by atoms with Gasteiger partial charge in [0.1, 0.15) is 6.04 Å². The summed E-state index contributed by atoms with van der Waals surface area (Å²) in [7, 11) is 0. The van der Waals surface area contributed by atoms with Crippen molar-refractivity contribution < 1.29 is 27.9 Å². The minimum absolute atomic E-state index is 0.469. The summed E-state index contributed by atoms with van der Waals surface area (Å²) in [6.45, 7) is 0. The molecule has 2 atom stereocenters. The molecule has 0 aliphatic rings. The van der Waals surface area contributed by atoms with Crippen LogP contribution in [0.15, 0.2) is 0 Å². The Morgan fingerprint density at radius 1 is 1.31 bits per heavy atom. The van der Waals surface area contributed by atoms with Gasteiger partial charge in [-0.1, -0.05) is 0 Å². The fourth-order valence-corrected chi connectivity index (χ4v) is 1.22. The van der Waals surface area contributed by atoms with Crippen LogP contribution in [-0.2, 0) is 9.59 Å². The Morgan fingerprint density at radius 3 is 2.12 bits per heavy atom. The summed E-state index contributed by atoms with van der Waals surface area (Å²) in [6.07, 6.45) is -6.59. The van der Waals surface area contributed by atoms with E-state index in [1.807, 2.05) is 0 Å². The first-order valence-corrected chi connectivity index (χ1v) is 4.47. The summed E-state index contributed by atoms with van der Waals surface area (Å²) in [5.74, 6) is -3.42. The van der Waals surface area contributed by atoms with Crippen molar-refractivity contribution in [2.75, 3.05) is 0 Å². The van der Waals surface area contributed by atoms with Crippen molar-refractivity contribution in [3.05, 3.63) is 0 Å². The fraction of sp³-hybridized carbons (Fsp3) is 0.750. The van der Waals surface area contributed by atoms with E-state index in [1.165, 1.54) is 0 Å². The van der Waals surface area contributed by atoms with Gasteiger partial charge in [-0.05, 0) is 12.3 Å². The largest absolute Gasteiger partial charge is 0.480 e. The Labute approximate surface area is 89.6 Å². The third-order valence-electron chi connectivity index (χ3n) is 2.05. The molecule has 0 heterocycles. The monoisotopic (exact) mass is 242 g/mol. The van der Waals surface area contributed by atoms with Gasteiger partial charge in [-0.3, -0.25) is 9.59 Å². The predicted molar refractivity (Wildman–Crippen MR) is 48.2 cm³/mol. The van der Waals surface area contributed by atoms with Crippen LogP contribution in [0, 0.1) is 5.92 Å². The first kappa shape index (κ1) is 14.7. The molecule has 0 saturated carbocycles. The van der Waals surface area contributed by atoms with Crippen molar-refractivity contribution in [2.24, 2.45) is 17.4 Å². The number of carboxylic acids is 1. The SMILES string of the molecule is NC(=O)CC(CCC(F)(F)F)[C@H](N)C(=O)O. The van der Waals surface area contributed by atoms with Gasteiger partial charge in [-0.15, -0.1) is 0 Å². The fourth-order valence-electron chi connectivity index (χ4n) is 1.22. The second-order valence-corrected chi connectivity index (χ2v) is 3.45. The summed E-state index contributed by atoms with van der Waals surface area (Å²) in [4.78, 5) is 21.0. The number of rotatable bonds is 6. The second kappa shape index (κ2) is 5.69. The normalized spacial score (nSPS) is 15.5. The van der Waals surface area contributed by atoms with E-state index in [9.17, 15) is 22.8 Å². The van der Waals surface area contributed by atoms with Crippen molar-refractivity contribution in [3.63, 3.8) is 0 Å². The van der Waals surface area contributed by atoms with E-state index >= 15 is 0 Å². The smallest absolute Gasteiger partial charge is 0.389 e. The number of hydrogen-bond acceptors (Lipinski definition) is 3. The molecule has 0 aromatic rings. The quantitative estimate of drug-likeness (QED) is 0.619. The number of carboxylic acid groups (broad SMARTS) is 1. The molecule has 0 bridgehead atoms. The minimum Gasteiger partial charge on any atom is -0.480 e. The molecule has 0 fully saturated rings. The number of hydrogen-bond donors (Lipinski definition) is 3. The topological polar surface area (TPSA) is 106 Å². The van der Waals surface area contributed by atoms with E-state index in [4.69, 9.17) is 16.6 Å². The zero-order valence-corrected chi connectivity index (χ0v) is 8.33. The minimum atomic E-state index is -4.41. The van der Waals surface area contributed by atoms with E-state index in [1.54, 1.807) is 0 Å². The first-order chi connectivity index (χ1) is 7.13. The molecule has 0 rings (SSSR count). The highest BCUT2D eigenvalue weighted by Crippen LogP contribution is 2.26. The van der Waals surface area contributed by atoms with E-state index < -0.39 is 49.3 Å². The standard InChI is InChI=1S/C8H13F3N2O3/c9-8(10,11)2-1-4(3-5(12)14)6(13)7(15)16/h4,6H,1-3,13H2,(H2,12,14)(H,15,16)/t4?,6-/m0/s1. The van der Waals surface area contributed by atoms with Gasteiger partial charge in [0, 0.05) is 12.8 Å². The van der Waals surface area contributed by atoms with Crippen LogP contribution in [0.5, 0.6) is 0 Å². The van der Waals surface area contributed by atoms with Gasteiger partial charge >= 0.3 is 12.1 Å². The van der Waals surface area contributed by atoms with Crippen molar-refractivity contribution in [3.8, 4) is 0 Å². The lowest BCUT2D eigenvalue weighted by molar-refractivity contribution is -0.146. The number of carbonyl (C=O) groups excluding carboxylic acids is 1. The zero-order chi connectivity index (χ0) is 12.9. The highest BCUT2D eigenvalue weighted by Gasteiger charge is 2.32. The van der Waals surface area contributed by atoms with Crippen LogP contribution in [0.25, 0.3) is 0 Å². The molecular weight excluding hydrogens is 229 g/mol. The lowest BCUT2D eigenvalue weighted by atomic mass is 9.91. The van der Waals surface area contributed by atoms with Gasteiger partial charge < -0.3 is 16.6 Å². The average molecular weight is 242 g/mol. The molecule has 5 N–H and O–H groups in total. The van der Waals surface area contributed by atoms with Crippen LogP contribution in [0.3, 0.4) is 0 Å². The van der Waals surface area contributed by atoms with Crippen LogP contribution in [0.2, 0.25) is 0 Å². The van der Waals surface area contributed by atoms with Gasteiger partial charge in [0.2, 0.25) is 5.91 Å². The number of carbonyl (C=O) groups is 2. The molecule has 0 saturated heterocycles. The predicted octanol–water partition coefficient (Wildman–Crippen LogP) is 0.232. The number of nitrogens with two attached hydrogens (primary N) is 2. The Morgan fingerprint density at radius 2 is 1.81 bits per heavy atom. The maximum atomic E-state index is 11.9. The molecule has 5 nitrogen and oxygen atoms in total. The molecule has 16 heavy (non-hydrogen) atoms. The second-order valence-electron chi connectivity index (χ2n) is 3.45. The average Bonchev–Trinajstić information content (AvgIpc) is 2.08. The van der Waals surface area contributed by atoms with Crippen molar-refractivity contribution in [1.29, 1.82) is 0 Å². The highest BCUT2D eigenvalue weighted by atomic mass is 19.4. The van der Waals surface area contributed by atoms with Crippen LogP contribution >= 0.6 is 0 Å². The van der Waals surface area contributed by atoms with Crippen molar-refractivity contribution in [1.82, 2.24) is 0 Å². The Hall–Kier alpha value is -1.31. The first-order valence-electron chi connectivity index (χ1n) is 4.47. The molecule has 0 aromatic heterocycles. The third-order valence-corrected chi connectivity index (χ3v) is 2.05. The van der Waals surface area contributed by atoms with Gasteiger partial charge in [-0.2, -0.15) is 13.2 Å². The number of primary amides is 1. The van der Waals surface area contributed by atoms with E-state index in [0.717, 1.165) is 0 Å². The summed E-state index contributed by atoms with van der Waals surface area (Å²) in [5, 5.41) is 8.54. The van der Waals surface area contributed by atoms with Crippen LogP contribution in [-0.4, -0.2) is 29.2 Å². The molecule has 0 aliphatic carbocycles. The molecule has 1 amide bonds. The van der Waals surface area contributed by atoms with Gasteiger partial charge in [0.25, 0.3) is 0 Å². The Kier molecular flexibility index (Phi) is 5.22. The number of aliphatic carboxylic acids is 1. The van der Waals surface area contributed by atoms with Gasteiger partial charge in [-0.25, -0.2) is 0 Å². The summed E-state index contributed by atoms with van der Waals surface area (Å²) in [5.41, 5.74) is 9.97. The molecule has 94 valence electrons. The van der Waals surface area contributed by atoms with Gasteiger partial charge in [0.15, 0.2) is 0 Å². The molecule has 0 aromatic carbocycles. The third kappa shape index (κ3) is 6.23. The van der Waals surface area contributed by atoms with Crippen molar-refractivity contribution >= 4 is 11.9 Å². The molecule has 0 spiro atoms. The molecule has 0 radical (unpaired) electrons. The molecule has 8 heteroatoms. The summed E-state index contributed by atoms with van der Waals surface area (Å²) in [6, 6.07) is -1.52. The Balaban J connectivity index is 4.43. The van der Waals surface area contributed by atoms with Crippen LogP contribution < -0.4 is 11.5 Å². The molecule has 1 unspecified atom stereocenters. The van der Waals surface area contributed by atoms with E-state index in [0.29, 0.717) is 0 Å². The number of amides is 1. The van der Waals surface area contributed by atoms with Crippen LogP contribution in [0.4, 0.5) is 13.2 Å². The highest BCUT2D eigenvalue weighted by molar-refractivity contribution is 5.77. The molecule has 0 aliphatic heterocycles.